The fourth-order valence-electron chi connectivity index (χ4n) is 1.80. The first-order chi connectivity index (χ1) is 9.27. The van der Waals surface area contributed by atoms with Crippen molar-refractivity contribution < 1.29 is 13.2 Å². The number of rotatable bonds is 5. The van der Waals surface area contributed by atoms with Gasteiger partial charge in [0.15, 0.2) is 0 Å². The molecule has 1 aromatic rings. The first kappa shape index (κ1) is 15.6. The molecule has 8 heteroatoms. The maximum atomic E-state index is 11.9. The van der Waals surface area contributed by atoms with Gasteiger partial charge in [-0.25, -0.2) is 8.42 Å². The lowest BCUT2D eigenvalue weighted by Crippen LogP contribution is -2.38. The van der Waals surface area contributed by atoms with E-state index in [4.69, 9.17) is 23.2 Å². The maximum Gasteiger partial charge on any atom is 0.239 e. The lowest BCUT2D eigenvalue weighted by Gasteiger charge is -2.19. The smallest absolute Gasteiger partial charge is 0.239 e. The molecule has 1 fully saturated rings. The van der Waals surface area contributed by atoms with Gasteiger partial charge >= 0.3 is 0 Å². The first-order valence-corrected chi connectivity index (χ1v) is 8.59. The number of hydrogen-bond donors (Lipinski definition) is 1. The standard InChI is InChI=1S/C12H14Cl2N2O3S/c1-20(18,19)16(9-3-4-9)7-12(17)15-11-6-8(13)2-5-10(11)14/h2,5-6,9H,3-4,7H2,1H3,(H,15,17). The molecule has 2 rings (SSSR count). The molecule has 1 aliphatic carbocycles. The van der Waals surface area contributed by atoms with Crippen LogP contribution >= 0.6 is 23.2 Å². The quantitative estimate of drug-likeness (QED) is 0.897. The summed E-state index contributed by atoms with van der Waals surface area (Å²) >= 11 is 11.8. The van der Waals surface area contributed by atoms with E-state index in [2.05, 4.69) is 5.32 Å². The Hall–Kier alpha value is -0.820. The summed E-state index contributed by atoms with van der Waals surface area (Å²) in [6.07, 6.45) is 2.68. The van der Waals surface area contributed by atoms with Crippen molar-refractivity contribution in [3.05, 3.63) is 28.2 Å². The number of amides is 1. The molecule has 0 radical (unpaired) electrons. The van der Waals surface area contributed by atoms with Crippen molar-refractivity contribution in [1.29, 1.82) is 0 Å². The average Bonchev–Trinajstić information content (AvgIpc) is 3.13. The molecule has 1 amide bonds. The van der Waals surface area contributed by atoms with E-state index in [0.29, 0.717) is 15.7 Å². The zero-order valence-corrected chi connectivity index (χ0v) is 13.1. The van der Waals surface area contributed by atoms with Gasteiger partial charge in [0.25, 0.3) is 0 Å². The van der Waals surface area contributed by atoms with Crippen molar-refractivity contribution in [1.82, 2.24) is 4.31 Å². The normalized spacial score (nSPS) is 15.4. The predicted molar refractivity (Wildman–Crippen MR) is 79.7 cm³/mol. The summed E-state index contributed by atoms with van der Waals surface area (Å²) < 4.78 is 24.5. The number of nitrogens with one attached hydrogen (secondary N) is 1. The second kappa shape index (κ2) is 5.89. The van der Waals surface area contributed by atoms with Gasteiger partial charge in [-0.15, -0.1) is 0 Å². The minimum atomic E-state index is -3.39. The van der Waals surface area contributed by atoms with Crippen LogP contribution in [0.1, 0.15) is 12.8 Å². The van der Waals surface area contributed by atoms with Crippen LogP contribution in [0.2, 0.25) is 10.0 Å². The Morgan fingerprint density at radius 3 is 2.60 bits per heavy atom. The largest absolute Gasteiger partial charge is 0.324 e. The lowest BCUT2D eigenvalue weighted by molar-refractivity contribution is -0.116. The molecule has 1 saturated carbocycles. The zero-order chi connectivity index (χ0) is 14.9. The number of hydrogen-bond acceptors (Lipinski definition) is 3. The van der Waals surface area contributed by atoms with Crippen molar-refractivity contribution in [2.75, 3.05) is 18.1 Å². The van der Waals surface area contributed by atoms with E-state index in [1.54, 1.807) is 12.1 Å². The number of benzene rings is 1. The van der Waals surface area contributed by atoms with Crippen LogP contribution < -0.4 is 5.32 Å². The number of nitrogens with zero attached hydrogens (tertiary/aromatic N) is 1. The van der Waals surface area contributed by atoms with Crippen molar-refractivity contribution in [2.45, 2.75) is 18.9 Å². The summed E-state index contributed by atoms with van der Waals surface area (Å²) in [5.41, 5.74) is 0.369. The fraction of sp³-hybridized carbons (Fsp3) is 0.417. The highest BCUT2D eigenvalue weighted by atomic mass is 35.5. The van der Waals surface area contributed by atoms with Crippen LogP contribution in [0.25, 0.3) is 0 Å². The Kier molecular flexibility index (Phi) is 4.59. The maximum absolute atomic E-state index is 11.9. The van der Waals surface area contributed by atoms with Crippen LogP contribution in [0.5, 0.6) is 0 Å². The van der Waals surface area contributed by atoms with Crippen LogP contribution in [-0.2, 0) is 14.8 Å². The highest BCUT2D eigenvalue weighted by Gasteiger charge is 2.36. The Morgan fingerprint density at radius 2 is 2.05 bits per heavy atom. The summed E-state index contributed by atoms with van der Waals surface area (Å²) in [5, 5.41) is 3.36. The van der Waals surface area contributed by atoms with Gasteiger partial charge < -0.3 is 5.32 Å². The van der Waals surface area contributed by atoms with Crippen LogP contribution in [0.3, 0.4) is 0 Å². The Morgan fingerprint density at radius 1 is 1.40 bits per heavy atom. The number of anilines is 1. The summed E-state index contributed by atoms with van der Waals surface area (Å²) in [6, 6.07) is 4.62. The summed E-state index contributed by atoms with van der Waals surface area (Å²) in [7, 11) is -3.39. The summed E-state index contributed by atoms with van der Waals surface area (Å²) in [6.45, 7) is -0.216. The molecule has 0 heterocycles. The molecule has 5 nitrogen and oxygen atoms in total. The molecule has 0 unspecified atom stereocenters. The highest BCUT2D eigenvalue weighted by Crippen LogP contribution is 2.29. The van der Waals surface area contributed by atoms with Gasteiger partial charge in [-0.05, 0) is 31.0 Å². The molecule has 0 bridgehead atoms. The molecule has 0 spiro atoms. The number of carbonyl (C=O) groups excluding carboxylic acids is 1. The van der Waals surface area contributed by atoms with Crippen molar-refractivity contribution in [2.24, 2.45) is 0 Å². The van der Waals surface area contributed by atoms with E-state index < -0.39 is 15.9 Å². The monoisotopic (exact) mass is 336 g/mol. The van der Waals surface area contributed by atoms with Crippen molar-refractivity contribution in [3.63, 3.8) is 0 Å². The molecule has 0 aromatic heterocycles. The van der Waals surface area contributed by atoms with E-state index >= 15 is 0 Å². The molecule has 1 N–H and O–H groups in total. The van der Waals surface area contributed by atoms with Gasteiger partial charge in [-0.3, -0.25) is 4.79 Å². The number of sulfonamides is 1. The second-order valence-electron chi connectivity index (χ2n) is 4.71. The van der Waals surface area contributed by atoms with E-state index in [0.717, 1.165) is 19.1 Å². The van der Waals surface area contributed by atoms with Crippen LogP contribution in [-0.4, -0.2) is 37.5 Å². The topological polar surface area (TPSA) is 66.5 Å². The van der Waals surface area contributed by atoms with Gasteiger partial charge in [-0.2, -0.15) is 4.31 Å². The zero-order valence-electron chi connectivity index (χ0n) is 10.8. The molecular formula is C12H14Cl2N2O3S. The van der Waals surface area contributed by atoms with Crippen molar-refractivity contribution >= 4 is 44.8 Å². The molecule has 1 aromatic carbocycles. The van der Waals surface area contributed by atoms with Gasteiger partial charge in [0.05, 0.1) is 23.5 Å². The van der Waals surface area contributed by atoms with Crippen molar-refractivity contribution in [3.8, 4) is 0 Å². The van der Waals surface area contributed by atoms with Gasteiger partial charge in [-0.1, -0.05) is 23.2 Å². The van der Waals surface area contributed by atoms with E-state index in [9.17, 15) is 13.2 Å². The summed E-state index contributed by atoms with van der Waals surface area (Å²) in [5.74, 6) is -0.438. The lowest BCUT2D eigenvalue weighted by atomic mass is 10.3. The SMILES string of the molecule is CS(=O)(=O)N(CC(=O)Nc1cc(Cl)ccc1Cl)C1CC1. The highest BCUT2D eigenvalue weighted by molar-refractivity contribution is 7.88. The van der Waals surface area contributed by atoms with Gasteiger partial charge in [0.2, 0.25) is 15.9 Å². The van der Waals surface area contributed by atoms with Gasteiger partial charge in [0, 0.05) is 11.1 Å². The average molecular weight is 337 g/mol. The molecule has 20 heavy (non-hydrogen) atoms. The minimum absolute atomic E-state index is 0.0643. The van der Waals surface area contributed by atoms with Gasteiger partial charge in [0.1, 0.15) is 0 Å². The molecular weight excluding hydrogens is 323 g/mol. The molecule has 0 aliphatic heterocycles. The number of halogens is 2. The van der Waals surface area contributed by atoms with E-state index in [-0.39, 0.29) is 12.6 Å². The van der Waals surface area contributed by atoms with E-state index in [1.807, 2.05) is 0 Å². The minimum Gasteiger partial charge on any atom is -0.324 e. The number of carbonyl (C=O) groups is 1. The Balaban J connectivity index is 2.06. The Labute approximate surface area is 127 Å². The second-order valence-corrected chi connectivity index (χ2v) is 7.49. The first-order valence-electron chi connectivity index (χ1n) is 5.99. The Bertz CT molecular complexity index is 630. The molecule has 0 saturated heterocycles. The third-order valence-corrected chi connectivity index (χ3v) is 4.73. The van der Waals surface area contributed by atoms with Crippen LogP contribution in [0.15, 0.2) is 18.2 Å². The third kappa shape index (κ3) is 4.09. The van der Waals surface area contributed by atoms with Crippen LogP contribution in [0.4, 0.5) is 5.69 Å². The predicted octanol–water partition coefficient (Wildman–Crippen LogP) is 2.36. The molecule has 110 valence electrons. The van der Waals surface area contributed by atoms with E-state index in [1.165, 1.54) is 10.4 Å². The van der Waals surface area contributed by atoms with Crippen LogP contribution in [0, 0.1) is 0 Å². The third-order valence-electron chi connectivity index (χ3n) is 2.88. The molecule has 0 atom stereocenters. The summed E-state index contributed by atoms with van der Waals surface area (Å²) in [4.78, 5) is 11.9. The fourth-order valence-corrected chi connectivity index (χ4v) is 3.25. The molecule has 1 aliphatic rings.